The number of likely N-dealkylation sites (N-methyl/N-ethyl adjacent to an activating group) is 1. The van der Waals surface area contributed by atoms with Gasteiger partial charge in [-0.15, -0.1) is 22.7 Å². The van der Waals surface area contributed by atoms with Gasteiger partial charge in [0.15, 0.2) is 0 Å². The van der Waals surface area contributed by atoms with E-state index in [1.807, 2.05) is 41.5 Å². The lowest BCUT2D eigenvalue weighted by Gasteiger charge is -2.20. The fourth-order valence-electron chi connectivity index (χ4n) is 3.11. The Morgan fingerprint density at radius 1 is 1.16 bits per heavy atom. The predicted octanol–water partition coefficient (Wildman–Crippen LogP) is 4.27. The van der Waals surface area contributed by atoms with E-state index < -0.39 is 0 Å². The third-order valence-electron chi connectivity index (χ3n) is 4.48. The number of aromatic nitrogens is 1. The van der Waals surface area contributed by atoms with Crippen molar-refractivity contribution in [3.8, 4) is 9.88 Å². The van der Waals surface area contributed by atoms with Crippen LogP contribution >= 0.6 is 22.7 Å². The van der Waals surface area contributed by atoms with Crippen LogP contribution in [0.15, 0.2) is 41.8 Å². The summed E-state index contributed by atoms with van der Waals surface area (Å²) in [4.78, 5) is 23.8. The average Bonchev–Trinajstić information content (AvgIpc) is 3.24. The zero-order valence-corrected chi connectivity index (χ0v) is 15.9. The molecule has 0 atom stereocenters. The molecule has 6 heteroatoms. The van der Waals surface area contributed by atoms with E-state index in [0.29, 0.717) is 6.54 Å². The van der Waals surface area contributed by atoms with Crippen LogP contribution in [0.3, 0.4) is 0 Å². The number of thiazole rings is 1. The molecule has 0 saturated carbocycles. The molecule has 0 unspecified atom stereocenters. The average molecular weight is 370 g/mol. The summed E-state index contributed by atoms with van der Waals surface area (Å²) in [5, 5.41) is 2.97. The molecule has 0 aliphatic carbocycles. The number of hydrogen-bond acceptors (Lipinski definition) is 5. The molecule has 0 bridgehead atoms. The largest absolute Gasteiger partial charge is 0.373 e. The second-order valence-corrected chi connectivity index (χ2v) is 8.13. The molecule has 1 aliphatic rings. The lowest BCUT2D eigenvalue weighted by atomic mass is 10.1. The number of benzene rings is 1. The van der Waals surface area contributed by atoms with Gasteiger partial charge < -0.3 is 9.80 Å². The third-order valence-corrected chi connectivity index (χ3v) is 6.66. The van der Waals surface area contributed by atoms with Crippen molar-refractivity contribution in [2.24, 2.45) is 0 Å². The lowest BCUT2D eigenvalue weighted by molar-refractivity contribution is 0.0755. The fraction of sp³-hybridized carbons (Fsp3) is 0.263. The second-order valence-electron chi connectivity index (χ2n) is 6.19. The number of anilines is 1. The Bertz CT molecular complexity index is 901. The third kappa shape index (κ3) is 3.07. The standard InChI is InChI=1S/C19H19N3OS2/c1-13-17(25-18(20-13)16-8-5-11-24-16)19(23)22-10-9-21(2)15-7-4-3-6-14(15)12-22/h3-8,11H,9-10,12H2,1-2H3. The highest BCUT2D eigenvalue weighted by Gasteiger charge is 2.25. The minimum Gasteiger partial charge on any atom is -0.373 e. The number of nitrogens with zero attached hydrogens (tertiary/aromatic N) is 3. The first-order valence-electron chi connectivity index (χ1n) is 8.23. The Hall–Kier alpha value is -2.18. The summed E-state index contributed by atoms with van der Waals surface area (Å²) in [6.45, 7) is 4.12. The van der Waals surface area contributed by atoms with E-state index in [-0.39, 0.29) is 5.91 Å². The molecule has 0 spiro atoms. The molecule has 1 aliphatic heterocycles. The minimum atomic E-state index is 0.0860. The van der Waals surface area contributed by atoms with Gasteiger partial charge in [-0.3, -0.25) is 4.79 Å². The quantitative estimate of drug-likeness (QED) is 0.677. The first kappa shape index (κ1) is 16.3. The number of carbonyl (C=O) groups excluding carboxylic acids is 1. The molecular formula is C19H19N3OS2. The Morgan fingerprint density at radius 2 is 2.00 bits per heavy atom. The SMILES string of the molecule is Cc1nc(-c2cccs2)sc1C(=O)N1CCN(C)c2ccccc2C1. The van der Waals surface area contributed by atoms with Gasteiger partial charge in [-0.25, -0.2) is 4.98 Å². The van der Waals surface area contributed by atoms with E-state index in [1.165, 1.54) is 22.6 Å². The Labute approximate surface area is 155 Å². The van der Waals surface area contributed by atoms with Crippen LogP contribution < -0.4 is 4.90 Å². The molecular weight excluding hydrogens is 350 g/mol. The van der Waals surface area contributed by atoms with E-state index in [9.17, 15) is 4.79 Å². The highest BCUT2D eigenvalue weighted by Crippen LogP contribution is 2.32. The molecule has 128 valence electrons. The lowest BCUT2D eigenvalue weighted by Crippen LogP contribution is -2.34. The minimum absolute atomic E-state index is 0.0860. The van der Waals surface area contributed by atoms with Crippen molar-refractivity contribution in [3.05, 3.63) is 57.9 Å². The van der Waals surface area contributed by atoms with E-state index >= 15 is 0 Å². The van der Waals surface area contributed by atoms with Crippen LogP contribution in [0.5, 0.6) is 0 Å². The molecule has 4 nitrogen and oxygen atoms in total. The van der Waals surface area contributed by atoms with Crippen molar-refractivity contribution in [2.75, 3.05) is 25.0 Å². The summed E-state index contributed by atoms with van der Waals surface area (Å²) >= 11 is 3.16. The van der Waals surface area contributed by atoms with Gasteiger partial charge in [-0.05, 0) is 30.0 Å². The van der Waals surface area contributed by atoms with Gasteiger partial charge in [0.1, 0.15) is 9.88 Å². The van der Waals surface area contributed by atoms with Gasteiger partial charge in [0.25, 0.3) is 5.91 Å². The fourth-order valence-corrected chi connectivity index (χ4v) is 4.94. The van der Waals surface area contributed by atoms with E-state index in [2.05, 4.69) is 29.1 Å². The van der Waals surface area contributed by atoms with Gasteiger partial charge in [0.2, 0.25) is 0 Å². The number of para-hydroxylation sites is 1. The van der Waals surface area contributed by atoms with Crippen molar-refractivity contribution in [1.82, 2.24) is 9.88 Å². The molecule has 25 heavy (non-hydrogen) atoms. The van der Waals surface area contributed by atoms with Gasteiger partial charge in [-0.1, -0.05) is 24.3 Å². The van der Waals surface area contributed by atoms with Crippen LogP contribution in [0, 0.1) is 6.92 Å². The summed E-state index contributed by atoms with van der Waals surface area (Å²) in [5.74, 6) is 0.0860. The summed E-state index contributed by atoms with van der Waals surface area (Å²) in [7, 11) is 2.08. The Morgan fingerprint density at radius 3 is 2.80 bits per heavy atom. The van der Waals surface area contributed by atoms with Crippen molar-refractivity contribution in [2.45, 2.75) is 13.5 Å². The second kappa shape index (κ2) is 6.61. The molecule has 1 aromatic carbocycles. The zero-order valence-electron chi connectivity index (χ0n) is 14.2. The highest BCUT2D eigenvalue weighted by atomic mass is 32.1. The molecule has 3 aromatic rings. The van der Waals surface area contributed by atoms with E-state index in [1.54, 1.807) is 11.3 Å². The summed E-state index contributed by atoms with van der Waals surface area (Å²) in [6, 6.07) is 12.4. The van der Waals surface area contributed by atoms with Crippen LogP contribution in [-0.4, -0.2) is 35.9 Å². The van der Waals surface area contributed by atoms with Crippen molar-refractivity contribution in [1.29, 1.82) is 0 Å². The van der Waals surface area contributed by atoms with Crippen LogP contribution in [0.1, 0.15) is 20.9 Å². The smallest absolute Gasteiger partial charge is 0.266 e. The van der Waals surface area contributed by atoms with E-state index in [0.717, 1.165) is 33.5 Å². The highest BCUT2D eigenvalue weighted by molar-refractivity contribution is 7.22. The molecule has 1 amide bonds. The molecule has 0 saturated heterocycles. The van der Waals surface area contributed by atoms with Crippen molar-refractivity contribution in [3.63, 3.8) is 0 Å². The number of thiophene rings is 1. The first-order chi connectivity index (χ1) is 12.1. The first-order valence-corrected chi connectivity index (χ1v) is 9.92. The van der Waals surface area contributed by atoms with Gasteiger partial charge in [-0.2, -0.15) is 0 Å². The number of carbonyl (C=O) groups is 1. The summed E-state index contributed by atoms with van der Waals surface area (Å²) in [6.07, 6.45) is 0. The maximum Gasteiger partial charge on any atom is 0.266 e. The van der Waals surface area contributed by atoms with Gasteiger partial charge in [0.05, 0.1) is 10.6 Å². The van der Waals surface area contributed by atoms with Crippen molar-refractivity contribution >= 4 is 34.3 Å². The molecule has 0 radical (unpaired) electrons. The molecule has 3 heterocycles. The number of hydrogen-bond donors (Lipinski definition) is 0. The van der Waals surface area contributed by atoms with Crippen molar-refractivity contribution < 1.29 is 4.79 Å². The number of fused-ring (bicyclic) bond motifs is 1. The topological polar surface area (TPSA) is 36.4 Å². The maximum absolute atomic E-state index is 13.2. The molecule has 2 aromatic heterocycles. The number of amides is 1. The monoisotopic (exact) mass is 369 g/mol. The molecule has 0 fully saturated rings. The maximum atomic E-state index is 13.2. The normalized spacial score (nSPS) is 14.3. The predicted molar refractivity (Wildman–Crippen MR) is 105 cm³/mol. The van der Waals surface area contributed by atoms with Gasteiger partial charge >= 0.3 is 0 Å². The van der Waals surface area contributed by atoms with Crippen LogP contribution in [0.25, 0.3) is 9.88 Å². The summed E-state index contributed by atoms with van der Waals surface area (Å²) in [5.41, 5.74) is 3.22. The molecule has 0 N–H and O–H groups in total. The number of aryl methyl sites for hydroxylation is 1. The van der Waals surface area contributed by atoms with E-state index in [4.69, 9.17) is 0 Å². The van der Waals surface area contributed by atoms with Crippen LogP contribution in [-0.2, 0) is 6.54 Å². The Kier molecular flexibility index (Phi) is 4.31. The summed E-state index contributed by atoms with van der Waals surface area (Å²) < 4.78 is 0. The van der Waals surface area contributed by atoms with Crippen LogP contribution in [0.2, 0.25) is 0 Å². The van der Waals surface area contributed by atoms with Gasteiger partial charge in [0, 0.05) is 32.4 Å². The number of rotatable bonds is 2. The molecule has 4 rings (SSSR count). The van der Waals surface area contributed by atoms with Crippen LogP contribution in [0.4, 0.5) is 5.69 Å². The zero-order chi connectivity index (χ0) is 17.4. The Balaban J connectivity index is 1.63.